The van der Waals surface area contributed by atoms with Crippen molar-refractivity contribution in [1.29, 1.82) is 0 Å². The topological polar surface area (TPSA) is 40.5 Å². The van der Waals surface area contributed by atoms with Crippen LogP contribution < -0.4 is 0 Å². The normalized spacial score (nSPS) is 54.0. The number of aliphatic hydroxyl groups is 2. The highest BCUT2D eigenvalue weighted by molar-refractivity contribution is 5.07. The van der Waals surface area contributed by atoms with Crippen LogP contribution >= 0.6 is 0 Å². The van der Waals surface area contributed by atoms with Crippen LogP contribution in [-0.4, -0.2) is 21.9 Å². The molecule has 2 saturated carbocycles. The molecule has 0 aromatic heterocycles. The average Bonchev–Trinajstić information content (AvgIpc) is 2.13. The summed E-state index contributed by atoms with van der Waals surface area (Å²) < 4.78 is 0. The number of aliphatic hydroxyl groups excluding tert-OH is 1. The molecule has 82 valence electrons. The Morgan fingerprint density at radius 2 is 1.79 bits per heavy atom. The maximum Gasteiger partial charge on any atom is 0.0751 e. The van der Waals surface area contributed by atoms with Crippen LogP contribution in [0.15, 0.2) is 0 Å². The molecule has 2 aliphatic rings. The predicted molar refractivity (Wildman–Crippen MR) is 55.9 cm³/mol. The quantitative estimate of drug-likeness (QED) is 0.625. The largest absolute Gasteiger partial charge is 0.392 e. The summed E-state index contributed by atoms with van der Waals surface area (Å²) in [5.41, 5.74) is -0.855. The van der Waals surface area contributed by atoms with E-state index in [1.165, 1.54) is 0 Å². The van der Waals surface area contributed by atoms with Gasteiger partial charge in [0, 0.05) is 5.41 Å². The monoisotopic (exact) mass is 198 g/mol. The maximum atomic E-state index is 10.7. The second kappa shape index (κ2) is 3.21. The van der Waals surface area contributed by atoms with Crippen LogP contribution in [-0.2, 0) is 0 Å². The van der Waals surface area contributed by atoms with Crippen LogP contribution in [0.25, 0.3) is 0 Å². The molecule has 4 atom stereocenters. The van der Waals surface area contributed by atoms with Gasteiger partial charge in [0.2, 0.25) is 0 Å². The summed E-state index contributed by atoms with van der Waals surface area (Å²) in [5.74, 6) is 0.344. The molecule has 2 fully saturated rings. The van der Waals surface area contributed by atoms with Gasteiger partial charge in [-0.05, 0) is 38.0 Å². The van der Waals surface area contributed by atoms with E-state index < -0.39 is 5.60 Å². The molecule has 2 heteroatoms. The lowest BCUT2D eigenvalue weighted by Crippen LogP contribution is -2.61. The molecule has 2 rings (SSSR count). The molecule has 4 unspecified atom stereocenters. The summed E-state index contributed by atoms with van der Waals surface area (Å²) in [5, 5.41) is 20.8. The van der Waals surface area contributed by atoms with E-state index in [0.717, 1.165) is 38.5 Å². The van der Waals surface area contributed by atoms with Crippen molar-refractivity contribution >= 4 is 0 Å². The van der Waals surface area contributed by atoms with E-state index in [-0.39, 0.29) is 11.5 Å². The minimum absolute atomic E-state index is 0.247. The molecule has 2 nitrogen and oxygen atoms in total. The van der Waals surface area contributed by atoms with Gasteiger partial charge in [-0.25, -0.2) is 0 Å². The van der Waals surface area contributed by atoms with E-state index in [9.17, 15) is 10.2 Å². The van der Waals surface area contributed by atoms with Crippen molar-refractivity contribution in [2.45, 2.75) is 64.1 Å². The molecule has 0 aliphatic heterocycles. The summed E-state index contributed by atoms with van der Waals surface area (Å²) in [4.78, 5) is 0. The SMILES string of the molecule is CC1CCCC2(C)C(O)CCCC12O. The molecule has 0 aromatic rings. The van der Waals surface area contributed by atoms with Crippen LogP contribution in [0.2, 0.25) is 0 Å². The summed E-state index contributed by atoms with van der Waals surface area (Å²) in [6.45, 7) is 4.21. The molecular weight excluding hydrogens is 176 g/mol. The van der Waals surface area contributed by atoms with Gasteiger partial charge >= 0.3 is 0 Å². The van der Waals surface area contributed by atoms with Gasteiger partial charge in [-0.3, -0.25) is 0 Å². The zero-order chi connectivity index (χ0) is 10.4. The van der Waals surface area contributed by atoms with Gasteiger partial charge in [0.25, 0.3) is 0 Å². The minimum Gasteiger partial charge on any atom is -0.392 e. The predicted octanol–water partition coefficient (Wildman–Crippen LogP) is 2.09. The molecule has 0 aromatic carbocycles. The van der Waals surface area contributed by atoms with E-state index >= 15 is 0 Å². The minimum atomic E-state index is -0.608. The van der Waals surface area contributed by atoms with Crippen molar-refractivity contribution in [1.82, 2.24) is 0 Å². The van der Waals surface area contributed by atoms with E-state index in [1.54, 1.807) is 0 Å². The summed E-state index contributed by atoms with van der Waals surface area (Å²) in [6.07, 6.45) is 5.65. The Morgan fingerprint density at radius 1 is 1.14 bits per heavy atom. The first-order valence-corrected chi connectivity index (χ1v) is 5.91. The lowest BCUT2D eigenvalue weighted by Gasteiger charge is -2.57. The number of rotatable bonds is 0. The van der Waals surface area contributed by atoms with Gasteiger partial charge in [-0.1, -0.05) is 20.3 Å². The molecule has 2 aliphatic carbocycles. The maximum absolute atomic E-state index is 10.7. The lowest BCUT2D eigenvalue weighted by atomic mass is 9.53. The highest BCUT2D eigenvalue weighted by Crippen LogP contribution is 2.55. The van der Waals surface area contributed by atoms with Crippen molar-refractivity contribution in [3.05, 3.63) is 0 Å². The lowest BCUT2D eigenvalue weighted by molar-refractivity contribution is -0.209. The van der Waals surface area contributed by atoms with E-state index in [1.807, 2.05) is 0 Å². The third kappa shape index (κ3) is 1.17. The van der Waals surface area contributed by atoms with Crippen LogP contribution in [0.1, 0.15) is 52.4 Å². The Kier molecular flexibility index (Phi) is 2.39. The Bertz CT molecular complexity index is 204. The first kappa shape index (κ1) is 10.4. The molecule has 0 heterocycles. The molecule has 0 spiro atoms. The van der Waals surface area contributed by atoms with E-state index in [2.05, 4.69) is 13.8 Å². The zero-order valence-corrected chi connectivity index (χ0v) is 9.29. The van der Waals surface area contributed by atoms with Gasteiger partial charge in [-0.2, -0.15) is 0 Å². The number of hydrogen-bond acceptors (Lipinski definition) is 2. The van der Waals surface area contributed by atoms with Crippen molar-refractivity contribution in [3.8, 4) is 0 Å². The molecule has 2 N–H and O–H groups in total. The molecule has 0 amide bonds. The van der Waals surface area contributed by atoms with Crippen molar-refractivity contribution in [3.63, 3.8) is 0 Å². The molecule has 14 heavy (non-hydrogen) atoms. The second-order valence-electron chi connectivity index (χ2n) is 5.54. The standard InChI is InChI=1S/C12H22O2/c1-9-5-3-7-11(2)10(13)6-4-8-12(9,11)14/h9-10,13-14H,3-8H2,1-2H3. The van der Waals surface area contributed by atoms with Gasteiger partial charge in [0.15, 0.2) is 0 Å². The van der Waals surface area contributed by atoms with Crippen LogP contribution in [0, 0.1) is 11.3 Å². The Balaban J connectivity index is 2.33. The first-order chi connectivity index (χ1) is 6.51. The van der Waals surface area contributed by atoms with Gasteiger partial charge < -0.3 is 10.2 Å². The fourth-order valence-corrected chi connectivity index (χ4v) is 3.66. The second-order valence-corrected chi connectivity index (χ2v) is 5.54. The molecule has 0 bridgehead atoms. The van der Waals surface area contributed by atoms with Crippen LogP contribution in [0.5, 0.6) is 0 Å². The Morgan fingerprint density at radius 3 is 2.43 bits per heavy atom. The third-order valence-electron chi connectivity index (χ3n) is 4.91. The fraction of sp³-hybridized carbons (Fsp3) is 1.00. The van der Waals surface area contributed by atoms with Gasteiger partial charge in [0.1, 0.15) is 0 Å². The molecule has 0 saturated heterocycles. The number of fused-ring (bicyclic) bond motifs is 1. The zero-order valence-electron chi connectivity index (χ0n) is 9.29. The average molecular weight is 198 g/mol. The highest BCUT2D eigenvalue weighted by Gasteiger charge is 2.57. The van der Waals surface area contributed by atoms with E-state index in [0.29, 0.717) is 5.92 Å². The van der Waals surface area contributed by atoms with E-state index in [4.69, 9.17) is 0 Å². The number of hydrogen-bond donors (Lipinski definition) is 2. The van der Waals surface area contributed by atoms with Gasteiger partial charge in [-0.15, -0.1) is 0 Å². The summed E-state index contributed by atoms with van der Waals surface area (Å²) in [7, 11) is 0. The smallest absolute Gasteiger partial charge is 0.0751 e. The molecule has 0 radical (unpaired) electrons. The summed E-state index contributed by atoms with van der Waals surface area (Å²) >= 11 is 0. The van der Waals surface area contributed by atoms with Crippen molar-refractivity contribution in [2.24, 2.45) is 11.3 Å². The Labute approximate surface area is 86.3 Å². The van der Waals surface area contributed by atoms with Crippen LogP contribution in [0.3, 0.4) is 0 Å². The van der Waals surface area contributed by atoms with Gasteiger partial charge in [0.05, 0.1) is 11.7 Å². The fourth-order valence-electron chi connectivity index (χ4n) is 3.66. The van der Waals surface area contributed by atoms with Crippen molar-refractivity contribution in [2.75, 3.05) is 0 Å². The third-order valence-corrected chi connectivity index (χ3v) is 4.91. The summed E-state index contributed by atoms with van der Waals surface area (Å²) in [6, 6.07) is 0. The Hall–Kier alpha value is -0.0800. The molecular formula is C12H22O2. The first-order valence-electron chi connectivity index (χ1n) is 5.91. The highest BCUT2D eigenvalue weighted by atomic mass is 16.3. The van der Waals surface area contributed by atoms with Crippen LogP contribution in [0.4, 0.5) is 0 Å². The van der Waals surface area contributed by atoms with Crippen molar-refractivity contribution < 1.29 is 10.2 Å².